The second-order valence-electron chi connectivity index (χ2n) is 3.03. The van der Waals surface area contributed by atoms with E-state index in [0.717, 1.165) is 12.1 Å². The van der Waals surface area contributed by atoms with Gasteiger partial charge in [0.2, 0.25) is 6.08 Å². The van der Waals surface area contributed by atoms with Gasteiger partial charge in [0.15, 0.2) is 0 Å². The van der Waals surface area contributed by atoms with Crippen LogP contribution in [0.25, 0.3) is 0 Å². The predicted octanol–water partition coefficient (Wildman–Crippen LogP) is 2.72. The zero-order valence-corrected chi connectivity index (χ0v) is 8.01. The van der Waals surface area contributed by atoms with Crippen LogP contribution >= 0.6 is 0 Å². The Morgan fingerprint density at radius 2 is 2.00 bits per heavy atom. The average molecular weight is 233 g/mol. The summed E-state index contributed by atoms with van der Waals surface area (Å²) in [6.45, 7) is 0.00574. The maximum atomic E-state index is 13.2. The number of isocyanates is 1. The van der Waals surface area contributed by atoms with Crippen molar-refractivity contribution < 1.29 is 22.4 Å². The van der Waals surface area contributed by atoms with Gasteiger partial charge in [-0.2, -0.15) is 13.2 Å². The Hall–Kier alpha value is -1.68. The summed E-state index contributed by atoms with van der Waals surface area (Å²) in [4.78, 5) is 12.9. The third kappa shape index (κ3) is 3.17. The molecular weight excluding hydrogens is 226 g/mol. The van der Waals surface area contributed by atoms with Crippen LogP contribution in [0, 0.1) is 5.82 Å². The molecule has 1 aromatic rings. The summed E-state index contributed by atoms with van der Waals surface area (Å²) in [7, 11) is 0. The van der Waals surface area contributed by atoms with E-state index in [0.29, 0.717) is 6.07 Å². The molecule has 1 aromatic carbocycles. The average Bonchev–Trinajstić information content (AvgIpc) is 2.19. The summed E-state index contributed by atoms with van der Waals surface area (Å²) in [5.74, 6) is -0.948. The molecule has 16 heavy (non-hydrogen) atoms. The minimum atomic E-state index is -4.56. The highest BCUT2D eigenvalue weighted by atomic mass is 19.4. The Bertz CT molecular complexity index is 421. The van der Waals surface area contributed by atoms with Crippen LogP contribution in [-0.2, 0) is 17.4 Å². The normalized spacial score (nSPS) is 11.0. The van der Waals surface area contributed by atoms with Crippen LogP contribution in [-0.4, -0.2) is 12.6 Å². The fraction of sp³-hybridized carbons (Fsp3) is 0.300. The fourth-order valence-electron chi connectivity index (χ4n) is 1.15. The molecule has 6 heteroatoms. The van der Waals surface area contributed by atoms with Crippen LogP contribution < -0.4 is 0 Å². The second kappa shape index (κ2) is 4.90. The molecule has 0 aliphatic rings. The minimum Gasteiger partial charge on any atom is -0.211 e. The lowest BCUT2D eigenvalue weighted by Crippen LogP contribution is -2.06. The summed E-state index contributed by atoms with van der Waals surface area (Å²) < 4.78 is 49.7. The largest absolute Gasteiger partial charge is 0.416 e. The van der Waals surface area contributed by atoms with Crippen LogP contribution in [0.4, 0.5) is 17.6 Å². The zero-order chi connectivity index (χ0) is 12.2. The maximum Gasteiger partial charge on any atom is 0.416 e. The Kier molecular flexibility index (Phi) is 3.79. The van der Waals surface area contributed by atoms with Gasteiger partial charge in [0.05, 0.1) is 12.1 Å². The van der Waals surface area contributed by atoms with E-state index < -0.39 is 17.6 Å². The third-order valence-corrected chi connectivity index (χ3v) is 1.94. The zero-order valence-electron chi connectivity index (χ0n) is 8.01. The molecule has 0 unspecified atom stereocenters. The first-order chi connectivity index (χ1) is 7.45. The van der Waals surface area contributed by atoms with Crippen molar-refractivity contribution in [3.8, 4) is 0 Å². The lowest BCUT2D eigenvalue weighted by Gasteiger charge is -2.08. The lowest BCUT2D eigenvalue weighted by molar-refractivity contribution is -0.137. The van der Waals surface area contributed by atoms with E-state index in [1.807, 2.05) is 0 Å². The molecule has 86 valence electrons. The number of alkyl halides is 3. The Morgan fingerprint density at radius 1 is 1.31 bits per heavy atom. The van der Waals surface area contributed by atoms with Crippen molar-refractivity contribution in [3.05, 3.63) is 35.1 Å². The molecule has 0 amide bonds. The van der Waals surface area contributed by atoms with E-state index in [4.69, 9.17) is 0 Å². The van der Waals surface area contributed by atoms with Crippen LogP contribution in [0.3, 0.4) is 0 Å². The SMILES string of the molecule is O=C=NCCc1ccc(C(F)(F)F)cc1F. The number of halogens is 4. The first kappa shape index (κ1) is 12.4. The highest BCUT2D eigenvalue weighted by Gasteiger charge is 2.31. The van der Waals surface area contributed by atoms with Crippen molar-refractivity contribution in [1.29, 1.82) is 0 Å². The second-order valence-corrected chi connectivity index (χ2v) is 3.03. The van der Waals surface area contributed by atoms with E-state index in [1.165, 1.54) is 6.08 Å². The van der Waals surface area contributed by atoms with Crippen LogP contribution in [0.2, 0.25) is 0 Å². The summed E-state index contributed by atoms with van der Waals surface area (Å²) in [5, 5.41) is 0. The number of rotatable bonds is 3. The number of nitrogens with zero attached hydrogens (tertiary/aromatic N) is 1. The van der Waals surface area contributed by atoms with E-state index in [-0.39, 0.29) is 18.5 Å². The van der Waals surface area contributed by atoms with Crippen molar-refractivity contribution in [2.24, 2.45) is 4.99 Å². The molecule has 0 atom stereocenters. The Labute approximate surface area is 88.6 Å². The summed E-state index contributed by atoms with van der Waals surface area (Å²) in [6, 6.07) is 2.27. The third-order valence-electron chi connectivity index (χ3n) is 1.94. The van der Waals surface area contributed by atoms with Gasteiger partial charge < -0.3 is 0 Å². The van der Waals surface area contributed by atoms with Crippen molar-refractivity contribution in [1.82, 2.24) is 0 Å². The van der Waals surface area contributed by atoms with E-state index in [2.05, 4.69) is 4.99 Å². The van der Waals surface area contributed by atoms with Crippen molar-refractivity contribution >= 4 is 6.08 Å². The van der Waals surface area contributed by atoms with Crippen molar-refractivity contribution in [2.45, 2.75) is 12.6 Å². The van der Waals surface area contributed by atoms with Gasteiger partial charge >= 0.3 is 6.18 Å². The first-order valence-corrected chi connectivity index (χ1v) is 4.34. The highest BCUT2D eigenvalue weighted by Crippen LogP contribution is 2.30. The maximum absolute atomic E-state index is 13.2. The molecule has 2 nitrogen and oxygen atoms in total. The van der Waals surface area contributed by atoms with Gasteiger partial charge in [0, 0.05) is 0 Å². The molecule has 0 aliphatic heterocycles. The molecule has 0 fully saturated rings. The number of carbonyl (C=O) groups excluding carboxylic acids is 1. The van der Waals surface area contributed by atoms with Gasteiger partial charge in [-0.05, 0) is 24.1 Å². The standard InChI is InChI=1S/C10H7F4NO/c11-9-5-8(10(12,13)14)2-1-7(9)3-4-15-6-16/h1-2,5H,3-4H2. The van der Waals surface area contributed by atoms with Crippen molar-refractivity contribution in [2.75, 3.05) is 6.54 Å². The van der Waals surface area contributed by atoms with Gasteiger partial charge in [0.1, 0.15) is 5.82 Å². The molecule has 0 aromatic heterocycles. The van der Waals surface area contributed by atoms with Gasteiger partial charge in [-0.1, -0.05) is 6.07 Å². The molecule has 1 rings (SSSR count). The highest BCUT2D eigenvalue weighted by molar-refractivity contribution is 5.33. The van der Waals surface area contributed by atoms with Crippen LogP contribution in [0.15, 0.2) is 23.2 Å². The molecule has 0 heterocycles. The monoisotopic (exact) mass is 233 g/mol. The fourth-order valence-corrected chi connectivity index (χ4v) is 1.15. The summed E-state index contributed by atoms with van der Waals surface area (Å²) in [5.41, 5.74) is -0.945. The smallest absolute Gasteiger partial charge is 0.211 e. The molecule has 0 saturated heterocycles. The molecule has 0 bridgehead atoms. The Morgan fingerprint density at radius 3 is 2.50 bits per heavy atom. The molecular formula is C10H7F4NO. The predicted molar refractivity (Wildman–Crippen MR) is 48.1 cm³/mol. The summed E-state index contributed by atoms with van der Waals surface area (Å²) in [6.07, 6.45) is -3.22. The number of aliphatic imine (C=N–C) groups is 1. The van der Waals surface area contributed by atoms with Gasteiger partial charge in [-0.3, -0.25) is 0 Å². The molecule has 0 spiro atoms. The molecule has 0 aliphatic carbocycles. The van der Waals surface area contributed by atoms with E-state index >= 15 is 0 Å². The van der Waals surface area contributed by atoms with E-state index in [1.54, 1.807) is 0 Å². The van der Waals surface area contributed by atoms with E-state index in [9.17, 15) is 22.4 Å². The Balaban J connectivity index is 2.87. The summed E-state index contributed by atoms with van der Waals surface area (Å²) >= 11 is 0. The molecule has 0 radical (unpaired) electrons. The first-order valence-electron chi connectivity index (χ1n) is 4.34. The molecule has 0 N–H and O–H groups in total. The lowest BCUT2D eigenvalue weighted by atomic mass is 10.1. The van der Waals surface area contributed by atoms with Gasteiger partial charge in [0.25, 0.3) is 0 Å². The topological polar surface area (TPSA) is 29.4 Å². The minimum absolute atomic E-state index is 0.00574. The van der Waals surface area contributed by atoms with Gasteiger partial charge in [-0.15, -0.1) is 0 Å². The quantitative estimate of drug-likeness (QED) is 0.448. The number of hydrogen-bond donors (Lipinski definition) is 0. The van der Waals surface area contributed by atoms with Crippen molar-refractivity contribution in [3.63, 3.8) is 0 Å². The molecule has 0 saturated carbocycles. The van der Waals surface area contributed by atoms with Crippen LogP contribution in [0.1, 0.15) is 11.1 Å². The number of hydrogen-bond acceptors (Lipinski definition) is 2. The van der Waals surface area contributed by atoms with Gasteiger partial charge in [-0.25, -0.2) is 14.2 Å². The van der Waals surface area contributed by atoms with Crippen LogP contribution in [0.5, 0.6) is 0 Å². The number of benzene rings is 1.